The van der Waals surface area contributed by atoms with Crippen LogP contribution in [0.3, 0.4) is 0 Å². The first-order valence-electron chi connectivity index (χ1n) is 9.34. The van der Waals surface area contributed by atoms with E-state index in [-0.39, 0.29) is 0 Å². The summed E-state index contributed by atoms with van der Waals surface area (Å²) >= 11 is 0. The van der Waals surface area contributed by atoms with Gasteiger partial charge in [-0.15, -0.1) is 0 Å². The summed E-state index contributed by atoms with van der Waals surface area (Å²) in [6.07, 6.45) is 6.78. The third-order valence-electron chi connectivity index (χ3n) is 4.55. The molecule has 0 spiro atoms. The molecule has 4 aromatic heterocycles. The predicted molar refractivity (Wildman–Crippen MR) is 112 cm³/mol. The van der Waals surface area contributed by atoms with Crippen molar-refractivity contribution in [3.63, 3.8) is 0 Å². The van der Waals surface area contributed by atoms with Gasteiger partial charge in [0.15, 0.2) is 0 Å². The SMILES string of the molecule is Cc1ncn(-c2ccc(Nc3cc(-c4nocc4-c4ccccn4)ccn3)cc2)n1. The summed E-state index contributed by atoms with van der Waals surface area (Å²) in [5, 5.41) is 11.8. The van der Waals surface area contributed by atoms with E-state index in [4.69, 9.17) is 4.52 Å². The topological polar surface area (TPSA) is 94.6 Å². The van der Waals surface area contributed by atoms with E-state index < -0.39 is 0 Å². The second kappa shape index (κ2) is 7.59. The number of aryl methyl sites for hydroxylation is 1. The van der Waals surface area contributed by atoms with E-state index in [1.165, 1.54) is 0 Å². The summed E-state index contributed by atoms with van der Waals surface area (Å²) in [5.41, 5.74) is 5.09. The maximum Gasteiger partial charge on any atom is 0.147 e. The average Bonchev–Trinajstić information content (AvgIpc) is 3.45. The molecular weight excluding hydrogens is 378 g/mol. The minimum atomic E-state index is 0.701. The third-order valence-corrected chi connectivity index (χ3v) is 4.55. The highest BCUT2D eigenvalue weighted by Gasteiger charge is 2.14. The molecule has 0 bridgehead atoms. The summed E-state index contributed by atoms with van der Waals surface area (Å²) in [5.74, 6) is 1.43. The van der Waals surface area contributed by atoms with Crippen LogP contribution in [0, 0.1) is 6.92 Å². The van der Waals surface area contributed by atoms with E-state index in [1.54, 1.807) is 29.7 Å². The predicted octanol–water partition coefficient (Wildman–Crippen LogP) is 4.43. The number of aromatic nitrogens is 6. The highest BCUT2D eigenvalue weighted by atomic mass is 16.5. The lowest BCUT2D eigenvalue weighted by Crippen LogP contribution is -1.97. The van der Waals surface area contributed by atoms with Crippen molar-refractivity contribution >= 4 is 11.5 Å². The zero-order chi connectivity index (χ0) is 20.3. The van der Waals surface area contributed by atoms with Crippen LogP contribution in [-0.2, 0) is 0 Å². The first-order valence-corrected chi connectivity index (χ1v) is 9.34. The monoisotopic (exact) mass is 395 g/mol. The fraction of sp³-hybridized carbons (Fsp3) is 0.0455. The molecule has 5 aromatic rings. The van der Waals surface area contributed by atoms with Gasteiger partial charge in [0, 0.05) is 23.6 Å². The Kier molecular flexibility index (Phi) is 4.49. The van der Waals surface area contributed by atoms with Crippen LogP contribution in [-0.4, -0.2) is 29.9 Å². The van der Waals surface area contributed by atoms with Crippen LogP contribution >= 0.6 is 0 Å². The van der Waals surface area contributed by atoms with Crippen molar-refractivity contribution < 1.29 is 4.52 Å². The molecule has 0 radical (unpaired) electrons. The lowest BCUT2D eigenvalue weighted by atomic mass is 10.1. The number of benzene rings is 1. The normalized spacial score (nSPS) is 10.8. The molecule has 0 aliphatic heterocycles. The zero-order valence-electron chi connectivity index (χ0n) is 16.1. The van der Waals surface area contributed by atoms with Crippen molar-refractivity contribution in [2.45, 2.75) is 6.92 Å². The molecule has 0 aliphatic carbocycles. The van der Waals surface area contributed by atoms with E-state index in [0.29, 0.717) is 5.82 Å². The number of hydrogen-bond acceptors (Lipinski definition) is 7. The second-order valence-corrected chi connectivity index (χ2v) is 6.63. The second-order valence-electron chi connectivity index (χ2n) is 6.63. The molecule has 0 amide bonds. The van der Waals surface area contributed by atoms with Gasteiger partial charge in [0.25, 0.3) is 0 Å². The summed E-state index contributed by atoms with van der Waals surface area (Å²) in [6.45, 7) is 1.86. The molecular formula is C22H17N7O. The standard InChI is InChI=1S/C22H17N7O/c1-15-25-14-29(27-15)18-7-5-17(6-8-18)26-21-12-16(9-11-24-21)22-19(13-30-28-22)20-4-2-3-10-23-20/h2-14H,1H3,(H,24,26). The van der Waals surface area contributed by atoms with Crippen LogP contribution in [0.2, 0.25) is 0 Å². The van der Waals surface area contributed by atoms with Crippen molar-refractivity contribution in [1.29, 1.82) is 0 Å². The molecule has 0 aliphatic rings. The highest BCUT2D eigenvalue weighted by molar-refractivity contribution is 5.79. The number of nitrogens with one attached hydrogen (secondary N) is 1. The molecule has 30 heavy (non-hydrogen) atoms. The van der Waals surface area contributed by atoms with Crippen molar-refractivity contribution in [2.24, 2.45) is 0 Å². The summed E-state index contributed by atoms with van der Waals surface area (Å²) in [7, 11) is 0. The van der Waals surface area contributed by atoms with Gasteiger partial charge in [-0.3, -0.25) is 4.98 Å². The minimum absolute atomic E-state index is 0.701. The zero-order valence-corrected chi connectivity index (χ0v) is 16.1. The summed E-state index contributed by atoms with van der Waals surface area (Å²) in [6, 6.07) is 17.4. The molecule has 0 saturated carbocycles. The Morgan fingerprint density at radius 1 is 0.933 bits per heavy atom. The van der Waals surface area contributed by atoms with Crippen molar-refractivity contribution in [1.82, 2.24) is 29.9 Å². The first-order chi connectivity index (χ1) is 14.8. The summed E-state index contributed by atoms with van der Waals surface area (Å²) < 4.78 is 6.96. The van der Waals surface area contributed by atoms with Gasteiger partial charge in [-0.2, -0.15) is 5.10 Å². The van der Waals surface area contributed by atoms with Gasteiger partial charge >= 0.3 is 0 Å². The van der Waals surface area contributed by atoms with Gasteiger partial charge in [0.1, 0.15) is 29.9 Å². The Morgan fingerprint density at radius 3 is 2.60 bits per heavy atom. The smallest absolute Gasteiger partial charge is 0.147 e. The van der Waals surface area contributed by atoms with Gasteiger partial charge in [-0.25, -0.2) is 14.6 Å². The average molecular weight is 395 g/mol. The molecule has 8 nitrogen and oxygen atoms in total. The van der Waals surface area contributed by atoms with Crippen molar-refractivity contribution in [2.75, 3.05) is 5.32 Å². The molecule has 0 unspecified atom stereocenters. The molecule has 146 valence electrons. The van der Waals surface area contributed by atoms with E-state index in [9.17, 15) is 0 Å². The lowest BCUT2D eigenvalue weighted by Gasteiger charge is -2.08. The number of anilines is 2. The molecule has 4 heterocycles. The maximum atomic E-state index is 5.23. The third kappa shape index (κ3) is 3.53. The lowest BCUT2D eigenvalue weighted by molar-refractivity contribution is 0.422. The number of pyridine rings is 2. The van der Waals surface area contributed by atoms with Gasteiger partial charge < -0.3 is 9.84 Å². The molecule has 5 rings (SSSR count). The Labute approximate surface area is 172 Å². The quantitative estimate of drug-likeness (QED) is 0.470. The van der Waals surface area contributed by atoms with E-state index >= 15 is 0 Å². The summed E-state index contributed by atoms with van der Waals surface area (Å²) in [4.78, 5) is 13.0. The highest BCUT2D eigenvalue weighted by Crippen LogP contribution is 2.31. The van der Waals surface area contributed by atoms with Crippen molar-refractivity contribution in [3.8, 4) is 28.2 Å². The molecule has 1 aromatic carbocycles. The van der Waals surface area contributed by atoms with E-state index in [2.05, 4.69) is 30.5 Å². The number of hydrogen-bond donors (Lipinski definition) is 1. The van der Waals surface area contributed by atoms with Crippen LogP contribution in [0.1, 0.15) is 5.82 Å². The fourth-order valence-corrected chi connectivity index (χ4v) is 3.11. The van der Waals surface area contributed by atoms with Crippen LogP contribution in [0.5, 0.6) is 0 Å². The van der Waals surface area contributed by atoms with Crippen molar-refractivity contribution in [3.05, 3.63) is 85.4 Å². The van der Waals surface area contributed by atoms with Crippen LogP contribution in [0.15, 0.2) is 84.1 Å². The Balaban J connectivity index is 1.39. The minimum Gasteiger partial charge on any atom is -0.363 e. The molecule has 0 fully saturated rings. The van der Waals surface area contributed by atoms with Gasteiger partial charge in [-0.05, 0) is 55.5 Å². The van der Waals surface area contributed by atoms with Gasteiger partial charge in [-0.1, -0.05) is 11.2 Å². The molecule has 8 heteroatoms. The molecule has 0 atom stereocenters. The Morgan fingerprint density at radius 2 is 1.83 bits per heavy atom. The molecule has 1 N–H and O–H groups in total. The van der Waals surface area contributed by atoms with Gasteiger partial charge in [0.2, 0.25) is 0 Å². The number of nitrogens with zero attached hydrogens (tertiary/aromatic N) is 6. The fourth-order valence-electron chi connectivity index (χ4n) is 3.11. The number of rotatable bonds is 5. The van der Waals surface area contributed by atoms with Crippen LogP contribution < -0.4 is 5.32 Å². The largest absolute Gasteiger partial charge is 0.363 e. The Hall–Kier alpha value is -4.33. The van der Waals surface area contributed by atoms with Gasteiger partial charge in [0.05, 0.1) is 16.9 Å². The van der Waals surface area contributed by atoms with E-state index in [1.807, 2.05) is 61.5 Å². The first kappa shape index (κ1) is 17.7. The van der Waals surface area contributed by atoms with E-state index in [0.717, 1.165) is 39.7 Å². The molecule has 0 saturated heterocycles. The Bertz CT molecular complexity index is 1280. The van der Waals surface area contributed by atoms with Crippen LogP contribution in [0.4, 0.5) is 11.5 Å². The van der Waals surface area contributed by atoms with Crippen LogP contribution in [0.25, 0.3) is 28.2 Å². The maximum absolute atomic E-state index is 5.23.